The predicted molar refractivity (Wildman–Crippen MR) is 84.2 cm³/mol. The van der Waals surface area contributed by atoms with Crippen LogP contribution in [0.1, 0.15) is 21.6 Å². The van der Waals surface area contributed by atoms with Gasteiger partial charge in [0, 0.05) is 33.7 Å². The molecule has 0 amide bonds. The third-order valence-electron chi connectivity index (χ3n) is 3.29. The number of benzene rings is 1. The Hall–Kier alpha value is -1.98. The van der Waals surface area contributed by atoms with Crippen LogP contribution in [0.4, 0.5) is 0 Å². The van der Waals surface area contributed by atoms with Crippen molar-refractivity contribution >= 4 is 32.7 Å². The number of aliphatic hydroxyl groups excluding tert-OH is 1. The highest BCUT2D eigenvalue weighted by Gasteiger charge is 2.11. The van der Waals surface area contributed by atoms with Crippen LogP contribution in [-0.2, 0) is 13.0 Å². The molecule has 0 atom stereocenters. The van der Waals surface area contributed by atoms with Gasteiger partial charge in [0.15, 0.2) is 5.78 Å². The van der Waals surface area contributed by atoms with Crippen molar-refractivity contribution in [2.24, 2.45) is 0 Å². The van der Waals surface area contributed by atoms with Crippen molar-refractivity contribution in [2.45, 2.75) is 13.0 Å². The van der Waals surface area contributed by atoms with E-state index in [9.17, 15) is 4.79 Å². The maximum absolute atomic E-state index is 12.3. The first-order valence-electron chi connectivity index (χ1n) is 6.52. The molecule has 0 spiro atoms. The van der Waals surface area contributed by atoms with Gasteiger partial charge in [-0.25, -0.2) is 4.98 Å². The van der Waals surface area contributed by atoms with Crippen LogP contribution in [0.25, 0.3) is 11.0 Å². The summed E-state index contributed by atoms with van der Waals surface area (Å²) >= 11 is 3.39. The normalized spacial score (nSPS) is 11.0. The van der Waals surface area contributed by atoms with Crippen molar-refractivity contribution < 1.29 is 9.90 Å². The Balaban J connectivity index is 1.87. The molecule has 21 heavy (non-hydrogen) atoms. The SMILES string of the molecule is O=C(Cc1cnc2[nH]c(CO)cc2c1)c1ccccc1Br. The Morgan fingerprint density at radius 1 is 1.29 bits per heavy atom. The quantitative estimate of drug-likeness (QED) is 0.714. The number of nitrogens with zero attached hydrogens (tertiary/aromatic N) is 1. The lowest BCUT2D eigenvalue weighted by Crippen LogP contribution is -2.04. The molecule has 2 N–H and O–H groups in total. The largest absolute Gasteiger partial charge is 0.390 e. The first-order chi connectivity index (χ1) is 10.2. The molecule has 0 aliphatic carbocycles. The van der Waals surface area contributed by atoms with Gasteiger partial charge < -0.3 is 10.1 Å². The number of aromatic amines is 1. The molecule has 0 saturated heterocycles. The number of hydrogen-bond donors (Lipinski definition) is 2. The van der Waals surface area contributed by atoms with Gasteiger partial charge in [0.1, 0.15) is 5.65 Å². The molecule has 2 heterocycles. The second-order valence-corrected chi connectivity index (χ2v) is 5.67. The number of fused-ring (bicyclic) bond motifs is 1. The summed E-state index contributed by atoms with van der Waals surface area (Å²) in [5.41, 5.74) is 2.96. The minimum Gasteiger partial charge on any atom is -0.390 e. The number of nitrogens with one attached hydrogen (secondary N) is 1. The summed E-state index contributed by atoms with van der Waals surface area (Å²) < 4.78 is 0.799. The van der Waals surface area contributed by atoms with Gasteiger partial charge in [0.05, 0.1) is 6.61 Å². The fourth-order valence-corrected chi connectivity index (χ4v) is 2.77. The first-order valence-corrected chi connectivity index (χ1v) is 7.32. The average Bonchev–Trinajstić information content (AvgIpc) is 2.90. The van der Waals surface area contributed by atoms with Gasteiger partial charge >= 0.3 is 0 Å². The van der Waals surface area contributed by atoms with E-state index in [4.69, 9.17) is 5.11 Å². The highest BCUT2D eigenvalue weighted by atomic mass is 79.9. The Labute approximate surface area is 130 Å². The number of carbonyl (C=O) groups is 1. The molecule has 0 aliphatic heterocycles. The maximum atomic E-state index is 12.3. The van der Waals surface area contributed by atoms with Gasteiger partial charge in [0.25, 0.3) is 0 Å². The molecule has 3 rings (SSSR count). The molecule has 4 nitrogen and oxygen atoms in total. The van der Waals surface area contributed by atoms with Crippen LogP contribution in [0.5, 0.6) is 0 Å². The number of aliphatic hydroxyl groups is 1. The second-order valence-electron chi connectivity index (χ2n) is 4.81. The summed E-state index contributed by atoms with van der Waals surface area (Å²) in [6, 6.07) is 11.2. The van der Waals surface area contributed by atoms with E-state index in [1.54, 1.807) is 12.3 Å². The second kappa shape index (κ2) is 5.79. The molecular formula is C16H13BrN2O2. The van der Waals surface area contributed by atoms with E-state index < -0.39 is 0 Å². The summed E-state index contributed by atoms with van der Waals surface area (Å²) in [6.45, 7) is -0.0540. The highest BCUT2D eigenvalue weighted by molar-refractivity contribution is 9.10. The molecular weight excluding hydrogens is 332 g/mol. The number of aromatic nitrogens is 2. The van der Waals surface area contributed by atoms with Crippen LogP contribution in [0.15, 0.2) is 47.1 Å². The number of H-pyrrole nitrogens is 1. The van der Waals surface area contributed by atoms with E-state index >= 15 is 0 Å². The summed E-state index contributed by atoms with van der Waals surface area (Å²) in [6.07, 6.45) is 1.99. The summed E-state index contributed by atoms with van der Waals surface area (Å²) in [5.74, 6) is 0.0431. The van der Waals surface area contributed by atoms with E-state index in [0.717, 1.165) is 21.1 Å². The lowest BCUT2D eigenvalue weighted by Gasteiger charge is -2.03. The molecule has 0 fully saturated rings. The fraction of sp³-hybridized carbons (Fsp3) is 0.125. The monoisotopic (exact) mass is 344 g/mol. The van der Waals surface area contributed by atoms with E-state index in [1.807, 2.05) is 30.3 Å². The van der Waals surface area contributed by atoms with Crippen molar-refractivity contribution in [1.82, 2.24) is 9.97 Å². The van der Waals surface area contributed by atoms with Crippen LogP contribution < -0.4 is 0 Å². The van der Waals surface area contributed by atoms with Crippen molar-refractivity contribution in [3.63, 3.8) is 0 Å². The van der Waals surface area contributed by atoms with Gasteiger partial charge in [0.2, 0.25) is 0 Å². The number of hydrogen-bond acceptors (Lipinski definition) is 3. The van der Waals surface area contributed by atoms with Crippen LogP contribution in [0, 0.1) is 0 Å². The lowest BCUT2D eigenvalue weighted by molar-refractivity contribution is 0.0992. The number of ketones is 1. The average molecular weight is 345 g/mol. The molecule has 0 radical (unpaired) electrons. The smallest absolute Gasteiger partial charge is 0.168 e. The molecule has 1 aromatic carbocycles. The fourth-order valence-electron chi connectivity index (χ4n) is 2.27. The number of halogens is 1. The Morgan fingerprint density at radius 2 is 2.10 bits per heavy atom. The lowest BCUT2D eigenvalue weighted by atomic mass is 10.0. The number of rotatable bonds is 4. The predicted octanol–water partition coefficient (Wildman–Crippen LogP) is 3.24. The molecule has 0 unspecified atom stereocenters. The van der Waals surface area contributed by atoms with Gasteiger partial charge in [-0.3, -0.25) is 4.79 Å². The van der Waals surface area contributed by atoms with Crippen LogP contribution >= 0.6 is 15.9 Å². The molecule has 0 aliphatic rings. The molecule has 2 aromatic heterocycles. The van der Waals surface area contributed by atoms with Gasteiger partial charge in [-0.1, -0.05) is 34.1 Å². The van der Waals surface area contributed by atoms with E-state index in [-0.39, 0.29) is 12.4 Å². The molecule has 0 bridgehead atoms. The van der Waals surface area contributed by atoms with Crippen molar-refractivity contribution in [2.75, 3.05) is 0 Å². The molecule has 5 heteroatoms. The standard InChI is InChI=1S/C16H13BrN2O2/c17-14-4-2-1-3-13(14)15(21)6-10-5-11-7-12(9-20)19-16(11)18-8-10/h1-5,7-8,20H,6,9H2,(H,18,19). The van der Waals surface area contributed by atoms with Crippen molar-refractivity contribution in [3.8, 4) is 0 Å². The van der Waals surface area contributed by atoms with Crippen LogP contribution in [-0.4, -0.2) is 20.9 Å². The van der Waals surface area contributed by atoms with Gasteiger partial charge in [-0.2, -0.15) is 0 Å². The first kappa shape index (κ1) is 14.0. The van der Waals surface area contributed by atoms with Gasteiger partial charge in [-0.05, 0) is 23.8 Å². The Bertz CT molecular complexity index is 811. The van der Waals surface area contributed by atoms with E-state index in [2.05, 4.69) is 25.9 Å². The van der Waals surface area contributed by atoms with Crippen LogP contribution in [0.2, 0.25) is 0 Å². The summed E-state index contributed by atoms with van der Waals surface area (Å²) in [5, 5.41) is 10.0. The number of carbonyl (C=O) groups excluding carboxylic acids is 1. The maximum Gasteiger partial charge on any atom is 0.168 e. The summed E-state index contributed by atoms with van der Waals surface area (Å²) in [4.78, 5) is 19.6. The molecule has 106 valence electrons. The third kappa shape index (κ3) is 2.89. The third-order valence-corrected chi connectivity index (χ3v) is 3.98. The Kier molecular flexibility index (Phi) is 3.86. The van der Waals surface area contributed by atoms with E-state index in [1.165, 1.54) is 0 Å². The molecule has 0 saturated carbocycles. The van der Waals surface area contributed by atoms with Gasteiger partial charge in [-0.15, -0.1) is 0 Å². The zero-order valence-electron chi connectivity index (χ0n) is 11.1. The zero-order chi connectivity index (χ0) is 14.8. The van der Waals surface area contributed by atoms with Crippen molar-refractivity contribution in [3.05, 3.63) is 63.9 Å². The minimum absolute atomic E-state index is 0.0431. The highest BCUT2D eigenvalue weighted by Crippen LogP contribution is 2.20. The number of Topliss-reactive ketones (excluding diaryl/α,β-unsaturated/α-hetero) is 1. The topological polar surface area (TPSA) is 66.0 Å². The zero-order valence-corrected chi connectivity index (χ0v) is 12.7. The van der Waals surface area contributed by atoms with Crippen molar-refractivity contribution in [1.29, 1.82) is 0 Å². The molecule has 3 aromatic rings. The minimum atomic E-state index is -0.0540. The summed E-state index contributed by atoms with van der Waals surface area (Å²) in [7, 11) is 0. The van der Waals surface area contributed by atoms with E-state index in [0.29, 0.717) is 17.7 Å². The van der Waals surface area contributed by atoms with Crippen LogP contribution in [0.3, 0.4) is 0 Å². The Morgan fingerprint density at radius 3 is 2.86 bits per heavy atom. The number of pyridine rings is 1.